The molecule has 0 saturated carbocycles. The normalized spacial score (nSPS) is 10.4. The molecule has 0 unspecified atom stereocenters. The van der Waals surface area contributed by atoms with Crippen molar-refractivity contribution in [3.8, 4) is 0 Å². The van der Waals surface area contributed by atoms with Gasteiger partial charge in [-0.15, -0.1) is 0 Å². The van der Waals surface area contributed by atoms with Crippen LogP contribution in [0.4, 0.5) is 0 Å². The third-order valence-corrected chi connectivity index (χ3v) is 1.87. The quantitative estimate of drug-likeness (QED) is 0.542. The maximum Gasteiger partial charge on any atom is 0.307 e. The van der Waals surface area contributed by atoms with E-state index in [1.807, 2.05) is 0 Å². The van der Waals surface area contributed by atoms with Gasteiger partial charge in [0.1, 0.15) is 0 Å². The van der Waals surface area contributed by atoms with Crippen molar-refractivity contribution in [1.82, 2.24) is 0 Å². The maximum atomic E-state index is 10.6. The summed E-state index contributed by atoms with van der Waals surface area (Å²) >= 11 is 0. The summed E-state index contributed by atoms with van der Waals surface area (Å²) in [6.07, 6.45) is 1.25. The highest BCUT2D eigenvalue weighted by atomic mass is 16.6. The average Bonchev–Trinajstić information content (AvgIpc) is 2.25. The van der Waals surface area contributed by atoms with Crippen LogP contribution in [0.1, 0.15) is 11.1 Å². The molecule has 1 amide bonds. The molecule has 0 aliphatic heterocycles. The van der Waals surface area contributed by atoms with Gasteiger partial charge in [-0.2, -0.15) is 0 Å². The maximum absolute atomic E-state index is 10.6. The monoisotopic (exact) mass is 236 g/mol. The molecule has 0 bridgehead atoms. The molecule has 0 aliphatic carbocycles. The first kappa shape index (κ1) is 12.7. The third kappa shape index (κ3) is 4.78. The molecule has 0 saturated heterocycles. The molecule has 6 heteroatoms. The van der Waals surface area contributed by atoms with Gasteiger partial charge in [0, 0.05) is 0 Å². The number of amides is 1. The van der Waals surface area contributed by atoms with Gasteiger partial charge in [-0.25, -0.2) is 0 Å². The van der Waals surface area contributed by atoms with Gasteiger partial charge in [-0.05, 0) is 11.1 Å². The van der Waals surface area contributed by atoms with Crippen LogP contribution in [0, 0.1) is 0 Å². The zero-order chi connectivity index (χ0) is 12.7. The van der Waals surface area contributed by atoms with Crippen LogP contribution in [-0.4, -0.2) is 29.8 Å². The number of hydrogen-bond acceptors (Lipinski definition) is 4. The molecule has 0 aliphatic rings. The van der Waals surface area contributed by atoms with Crippen LogP contribution in [0.3, 0.4) is 0 Å². The summed E-state index contributed by atoms with van der Waals surface area (Å²) in [5, 5.41) is 12.2. The SMILES string of the molecule is NC(=O)CO/N=C/c1ccccc1CC(=O)O. The van der Waals surface area contributed by atoms with E-state index in [1.54, 1.807) is 24.3 Å². The van der Waals surface area contributed by atoms with E-state index < -0.39 is 11.9 Å². The number of carbonyl (C=O) groups excluding carboxylic acids is 1. The fraction of sp³-hybridized carbons (Fsp3) is 0.182. The molecular weight excluding hydrogens is 224 g/mol. The van der Waals surface area contributed by atoms with Gasteiger partial charge in [0.2, 0.25) is 0 Å². The van der Waals surface area contributed by atoms with Crippen LogP contribution < -0.4 is 5.73 Å². The van der Waals surface area contributed by atoms with Crippen molar-refractivity contribution in [2.45, 2.75) is 6.42 Å². The Morgan fingerprint density at radius 3 is 2.76 bits per heavy atom. The minimum Gasteiger partial charge on any atom is -0.481 e. The largest absolute Gasteiger partial charge is 0.481 e. The van der Waals surface area contributed by atoms with Gasteiger partial charge >= 0.3 is 5.97 Å². The Morgan fingerprint density at radius 2 is 2.12 bits per heavy atom. The number of carbonyl (C=O) groups is 2. The predicted molar refractivity (Wildman–Crippen MR) is 60.5 cm³/mol. The van der Waals surface area contributed by atoms with E-state index in [2.05, 4.69) is 9.99 Å². The summed E-state index contributed by atoms with van der Waals surface area (Å²) in [6, 6.07) is 6.87. The van der Waals surface area contributed by atoms with Crippen molar-refractivity contribution >= 4 is 18.1 Å². The lowest BCUT2D eigenvalue weighted by Gasteiger charge is -2.01. The second-order valence-electron chi connectivity index (χ2n) is 3.24. The standard InChI is InChI=1S/C11H12N2O4/c12-10(14)7-17-13-6-9-4-2-1-3-8(9)5-11(15)16/h1-4,6H,5,7H2,(H2,12,14)(H,15,16)/b13-6+. The first-order valence-corrected chi connectivity index (χ1v) is 4.83. The van der Waals surface area contributed by atoms with Gasteiger partial charge < -0.3 is 15.7 Å². The minimum absolute atomic E-state index is 0.0992. The smallest absolute Gasteiger partial charge is 0.307 e. The summed E-state index contributed by atoms with van der Waals surface area (Å²) in [7, 11) is 0. The Bertz CT molecular complexity index is 443. The molecule has 0 aromatic heterocycles. The van der Waals surface area contributed by atoms with Gasteiger partial charge in [0.05, 0.1) is 12.6 Å². The summed E-state index contributed by atoms with van der Waals surface area (Å²) in [6.45, 7) is -0.308. The molecule has 1 rings (SSSR count). The summed E-state index contributed by atoms with van der Waals surface area (Å²) < 4.78 is 0. The van der Waals surface area contributed by atoms with E-state index in [9.17, 15) is 9.59 Å². The molecule has 0 fully saturated rings. The molecule has 0 heterocycles. The first-order valence-electron chi connectivity index (χ1n) is 4.83. The number of oxime groups is 1. The van der Waals surface area contributed by atoms with Gasteiger partial charge in [-0.3, -0.25) is 9.59 Å². The topological polar surface area (TPSA) is 102 Å². The van der Waals surface area contributed by atoms with Crippen LogP contribution in [0.15, 0.2) is 29.4 Å². The lowest BCUT2D eigenvalue weighted by atomic mass is 10.1. The van der Waals surface area contributed by atoms with Crippen molar-refractivity contribution in [3.63, 3.8) is 0 Å². The average molecular weight is 236 g/mol. The Hall–Kier alpha value is -2.37. The second kappa shape index (κ2) is 6.26. The minimum atomic E-state index is -0.927. The summed E-state index contributed by atoms with van der Waals surface area (Å²) in [5.41, 5.74) is 6.09. The van der Waals surface area contributed by atoms with E-state index in [4.69, 9.17) is 10.8 Å². The van der Waals surface area contributed by atoms with Gasteiger partial charge in [-0.1, -0.05) is 29.4 Å². The molecule has 0 radical (unpaired) electrons. The second-order valence-corrected chi connectivity index (χ2v) is 3.24. The van der Waals surface area contributed by atoms with Crippen LogP contribution >= 0.6 is 0 Å². The predicted octanol–water partition coefficient (Wildman–Crippen LogP) is 0.149. The Morgan fingerprint density at radius 1 is 1.41 bits per heavy atom. The lowest BCUT2D eigenvalue weighted by Crippen LogP contribution is -2.16. The lowest BCUT2D eigenvalue weighted by molar-refractivity contribution is -0.136. The zero-order valence-electron chi connectivity index (χ0n) is 9.00. The number of benzene rings is 1. The van der Waals surface area contributed by atoms with Crippen molar-refractivity contribution in [3.05, 3.63) is 35.4 Å². The molecular formula is C11H12N2O4. The highest BCUT2D eigenvalue weighted by molar-refractivity contribution is 5.84. The number of aliphatic carboxylic acids is 1. The molecule has 0 spiro atoms. The summed E-state index contributed by atoms with van der Waals surface area (Å²) in [4.78, 5) is 25.6. The van der Waals surface area contributed by atoms with E-state index >= 15 is 0 Å². The Kier molecular flexibility index (Phi) is 4.68. The number of hydrogen-bond donors (Lipinski definition) is 2. The highest BCUT2D eigenvalue weighted by Gasteiger charge is 2.04. The molecule has 1 aromatic rings. The van der Waals surface area contributed by atoms with Gasteiger partial charge in [0.25, 0.3) is 5.91 Å². The van der Waals surface area contributed by atoms with Gasteiger partial charge in [0.15, 0.2) is 6.61 Å². The Balaban J connectivity index is 2.69. The van der Waals surface area contributed by atoms with Crippen LogP contribution in [-0.2, 0) is 20.8 Å². The molecule has 90 valence electrons. The number of nitrogens with two attached hydrogens (primary N) is 1. The molecule has 6 nitrogen and oxygen atoms in total. The van der Waals surface area contributed by atoms with E-state index in [1.165, 1.54) is 6.21 Å². The van der Waals surface area contributed by atoms with Crippen LogP contribution in [0.2, 0.25) is 0 Å². The van der Waals surface area contributed by atoms with Crippen LogP contribution in [0.25, 0.3) is 0 Å². The zero-order valence-corrected chi connectivity index (χ0v) is 9.00. The van der Waals surface area contributed by atoms with Crippen molar-refractivity contribution < 1.29 is 19.5 Å². The fourth-order valence-electron chi connectivity index (χ4n) is 1.18. The van der Waals surface area contributed by atoms with Crippen molar-refractivity contribution in [1.29, 1.82) is 0 Å². The third-order valence-electron chi connectivity index (χ3n) is 1.87. The van der Waals surface area contributed by atoms with E-state index in [-0.39, 0.29) is 13.0 Å². The van der Waals surface area contributed by atoms with Crippen LogP contribution in [0.5, 0.6) is 0 Å². The fourth-order valence-corrected chi connectivity index (χ4v) is 1.18. The number of primary amides is 1. The number of nitrogens with zero attached hydrogens (tertiary/aromatic N) is 1. The summed E-state index contributed by atoms with van der Waals surface area (Å²) in [5.74, 6) is -1.55. The van der Waals surface area contributed by atoms with E-state index in [0.29, 0.717) is 11.1 Å². The van der Waals surface area contributed by atoms with Crippen molar-refractivity contribution in [2.75, 3.05) is 6.61 Å². The first-order chi connectivity index (χ1) is 8.09. The molecule has 17 heavy (non-hydrogen) atoms. The number of rotatable bonds is 6. The number of carboxylic acid groups (broad SMARTS) is 1. The number of carboxylic acids is 1. The molecule has 0 atom stereocenters. The Labute approximate surface area is 97.7 Å². The van der Waals surface area contributed by atoms with Crippen molar-refractivity contribution in [2.24, 2.45) is 10.9 Å². The molecule has 3 N–H and O–H groups in total. The highest BCUT2D eigenvalue weighted by Crippen LogP contribution is 2.07. The molecule has 1 aromatic carbocycles. The van der Waals surface area contributed by atoms with E-state index in [0.717, 1.165) is 0 Å².